The lowest BCUT2D eigenvalue weighted by Gasteiger charge is -2.21. The van der Waals surface area contributed by atoms with E-state index in [2.05, 4.69) is 20.8 Å². The lowest BCUT2D eigenvalue weighted by atomic mass is 9.82. The number of nitro groups is 6. The molecule has 0 saturated carbocycles. The van der Waals surface area contributed by atoms with Crippen LogP contribution in [-0.4, -0.2) is 35.3 Å². The van der Waals surface area contributed by atoms with E-state index >= 15 is 0 Å². The SMILES string of the molecule is CC(=O)c1cc([N+](=O)[O-])ccc1C(C)(C)C.CC(C)(C)c1ccc([N+](=O)[O-])c(C(F)(F)F)c1.CC(C)(C)c1ccc([N+](=O)[O-])c2ccoc12.Cc1cc(C(C)(C)C)cc(F)c1[N+](=O)[O-].Cc1cc([N+](=O)[O-])c(F)cc1C(C)(C)C.Cc1cc([N+](=O)[O-])c(F)cc1C(C)(C)C. The lowest BCUT2D eigenvalue weighted by Crippen LogP contribution is -2.16. The molecule has 0 spiro atoms. The summed E-state index contributed by atoms with van der Waals surface area (Å²) >= 11 is 0. The van der Waals surface area contributed by atoms with E-state index in [1.807, 2.05) is 83.1 Å². The van der Waals surface area contributed by atoms with Crippen molar-refractivity contribution in [2.75, 3.05) is 0 Å². The number of carbonyl (C=O) groups is 1. The molecule has 26 heteroatoms. The Morgan fingerprint density at radius 2 is 0.787 bits per heavy atom. The maximum Gasteiger partial charge on any atom is 0.423 e. The standard InChI is InChI=1S/C12H13NO3.C12H15NO3.C11H12F3NO2.3C11H14FNO2/c1-12(2,3)9-4-5-10(13(14)15)8-6-7-16-11(8)9;1-8(14)10-7-9(13(15)16)5-6-11(10)12(2,3)4;1-10(2,3)7-4-5-9(15(16)17)8(6-7)11(12,13)14;2*1-7-5-10(13(14)15)9(12)6-8(7)11(2,3)4;1-7-5-8(11(2,3)4)6-9(12)10(7)13(14)15/h4-7H,1-3H3;5-7H,1-4H3;4-6H,1-3H3;3*5-6H,1-4H3. The Balaban J connectivity index is 0.000000384. The minimum atomic E-state index is -4.72. The molecule has 0 N–H and O–H groups in total. The number of halogens is 6. The van der Waals surface area contributed by atoms with E-state index < -0.39 is 82.0 Å². The molecule has 7 rings (SSSR count). The Morgan fingerprint density at radius 1 is 0.383 bits per heavy atom. The molecule has 0 aliphatic rings. The van der Waals surface area contributed by atoms with E-state index in [0.717, 1.165) is 51.1 Å². The van der Waals surface area contributed by atoms with Crippen molar-refractivity contribution >= 4 is 50.9 Å². The number of Topliss-reactive ketones (excluding diaryl/α,β-unsaturated/α-hetero) is 1. The summed E-state index contributed by atoms with van der Waals surface area (Å²) in [6, 6.07) is 20.5. The average Bonchev–Trinajstić information content (AvgIpc) is 1.51. The van der Waals surface area contributed by atoms with Gasteiger partial charge in [0, 0.05) is 53.1 Å². The summed E-state index contributed by atoms with van der Waals surface area (Å²) in [6.07, 6.45) is -3.23. The van der Waals surface area contributed by atoms with Gasteiger partial charge in [-0.3, -0.25) is 65.5 Å². The van der Waals surface area contributed by atoms with Crippen molar-refractivity contribution in [3.8, 4) is 0 Å². The first-order valence-electron chi connectivity index (χ1n) is 29.0. The third-order valence-corrected chi connectivity index (χ3v) is 14.3. The molecule has 0 aliphatic heterocycles. The molecule has 0 atom stereocenters. The first kappa shape index (κ1) is 80.6. The minimum absolute atomic E-state index is 0.0433. The van der Waals surface area contributed by atoms with Crippen molar-refractivity contribution < 1.29 is 65.1 Å². The summed E-state index contributed by atoms with van der Waals surface area (Å²) in [5.74, 6) is -2.44. The number of furan rings is 1. The first-order chi connectivity index (χ1) is 42.4. The van der Waals surface area contributed by atoms with Crippen LogP contribution in [0.15, 0.2) is 102 Å². The van der Waals surface area contributed by atoms with E-state index in [0.29, 0.717) is 27.7 Å². The highest BCUT2D eigenvalue weighted by atomic mass is 19.4. The van der Waals surface area contributed by atoms with Gasteiger partial charge in [-0.05, 0) is 142 Å². The molecule has 7 aromatic rings. The van der Waals surface area contributed by atoms with Crippen LogP contribution in [0.2, 0.25) is 0 Å². The van der Waals surface area contributed by atoms with Crippen LogP contribution < -0.4 is 0 Å². The van der Waals surface area contributed by atoms with Gasteiger partial charge in [-0.1, -0.05) is 137 Å². The van der Waals surface area contributed by atoms with E-state index in [1.54, 1.807) is 71.9 Å². The van der Waals surface area contributed by atoms with Crippen LogP contribution in [0.25, 0.3) is 11.0 Å². The van der Waals surface area contributed by atoms with Crippen molar-refractivity contribution in [2.45, 2.75) is 191 Å². The third kappa shape index (κ3) is 22.1. The zero-order valence-electron chi connectivity index (χ0n) is 56.9. The number of alkyl halides is 3. The minimum Gasteiger partial charge on any atom is -0.464 e. The number of nitro benzene ring substituents is 6. The van der Waals surface area contributed by atoms with Crippen LogP contribution in [0.5, 0.6) is 0 Å². The van der Waals surface area contributed by atoms with Crippen LogP contribution in [0.1, 0.15) is 198 Å². The Morgan fingerprint density at radius 3 is 1.13 bits per heavy atom. The predicted octanol–water partition coefficient (Wildman–Crippen LogP) is 20.7. The number of fused-ring (bicyclic) bond motifs is 1. The maximum absolute atomic E-state index is 13.5. The normalized spacial score (nSPS) is 11.7. The number of non-ortho nitro benzene ring substituents is 2. The number of carbonyl (C=O) groups excluding carboxylic acids is 1. The largest absolute Gasteiger partial charge is 0.464 e. The molecule has 510 valence electrons. The monoisotopic (exact) mass is 1320 g/mol. The van der Waals surface area contributed by atoms with Gasteiger partial charge in [-0.2, -0.15) is 26.3 Å². The van der Waals surface area contributed by atoms with E-state index in [1.165, 1.54) is 61.7 Å². The summed E-state index contributed by atoms with van der Waals surface area (Å²) in [7, 11) is 0. The van der Waals surface area contributed by atoms with Gasteiger partial charge >= 0.3 is 23.2 Å². The number of rotatable bonds is 7. The molecule has 6 aromatic carbocycles. The maximum atomic E-state index is 13.5. The number of aryl methyl sites for hydroxylation is 3. The Labute approximate surface area is 541 Å². The second kappa shape index (κ2) is 30.5. The first-order valence-corrected chi connectivity index (χ1v) is 29.0. The van der Waals surface area contributed by atoms with Gasteiger partial charge in [0.1, 0.15) is 11.1 Å². The number of ketones is 1. The van der Waals surface area contributed by atoms with Crippen molar-refractivity contribution in [2.24, 2.45) is 0 Å². The summed E-state index contributed by atoms with van der Waals surface area (Å²) in [5.41, 5.74) is 2.69. The number of hydrogen-bond acceptors (Lipinski definition) is 14. The fourth-order valence-corrected chi connectivity index (χ4v) is 9.41. The quantitative estimate of drug-likeness (QED) is 0.0620. The Hall–Kier alpha value is -9.49. The van der Waals surface area contributed by atoms with Crippen molar-refractivity contribution in [3.63, 3.8) is 0 Å². The van der Waals surface area contributed by atoms with E-state index in [9.17, 15) is 91.8 Å². The summed E-state index contributed by atoms with van der Waals surface area (Å²) in [6.45, 7) is 41.3. The molecule has 1 aromatic heterocycles. The second-order valence-corrected chi connectivity index (χ2v) is 28.2. The van der Waals surface area contributed by atoms with Gasteiger partial charge in [0.2, 0.25) is 17.5 Å². The molecule has 94 heavy (non-hydrogen) atoms. The van der Waals surface area contributed by atoms with Gasteiger partial charge in [-0.25, -0.2) is 0 Å². The molecule has 1 heterocycles. The summed E-state index contributed by atoms with van der Waals surface area (Å²) < 4.78 is 83.6. The van der Waals surface area contributed by atoms with Crippen molar-refractivity contribution in [1.82, 2.24) is 0 Å². The van der Waals surface area contributed by atoms with Crippen LogP contribution in [0.3, 0.4) is 0 Å². The molecule has 0 bridgehead atoms. The Kier molecular flexibility index (Phi) is 26.2. The lowest BCUT2D eigenvalue weighted by molar-refractivity contribution is -0.388. The van der Waals surface area contributed by atoms with Crippen LogP contribution in [0, 0.1) is 98.9 Å². The number of hydrogen-bond donors (Lipinski definition) is 0. The fraction of sp³-hybridized carbons (Fsp3) is 0.426. The molecule has 0 radical (unpaired) electrons. The Bertz CT molecular complexity index is 3880. The van der Waals surface area contributed by atoms with Crippen molar-refractivity contribution in [1.29, 1.82) is 0 Å². The van der Waals surface area contributed by atoms with Crippen LogP contribution in [-0.2, 0) is 38.7 Å². The number of nitrogens with zero attached hydrogens (tertiary/aromatic N) is 6. The topological polar surface area (TPSA) is 289 Å². The highest BCUT2D eigenvalue weighted by Gasteiger charge is 2.39. The molecule has 0 aliphatic carbocycles. The average molecular weight is 1320 g/mol. The van der Waals surface area contributed by atoms with Gasteiger partial charge in [0.15, 0.2) is 5.78 Å². The summed E-state index contributed by atoms with van der Waals surface area (Å²) in [5, 5.41) is 64.1. The molecule has 0 unspecified atom stereocenters. The van der Waals surface area contributed by atoms with Gasteiger partial charge in [0.25, 0.3) is 17.1 Å². The molecule has 0 amide bonds. The highest BCUT2D eigenvalue weighted by molar-refractivity contribution is 5.96. The molecular weight excluding hydrogens is 1240 g/mol. The predicted molar refractivity (Wildman–Crippen MR) is 350 cm³/mol. The van der Waals surface area contributed by atoms with Crippen molar-refractivity contribution in [3.05, 3.63) is 237 Å². The number of benzene rings is 6. The fourth-order valence-electron chi connectivity index (χ4n) is 9.41. The zero-order valence-corrected chi connectivity index (χ0v) is 56.9. The zero-order chi connectivity index (χ0) is 73.3. The molecular formula is C68H82F6N6O14. The van der Waals surface area contributed by atoms with E-state index in [4.69, 9.17) is 4.42 Å². The second-order valence-electron chi connectivity index (χ2n) is 28.2. The van der Waals surface area contributed by atoms with Gasteiger partial charge in [0.05, 0.1) is 41.2 Å². The highest BCUT2D eigenvalue weighted by Crippen LogP contribution is 2.40. The molecule has 20 nitrogen and oxygen atoms in total. The molecule has 0 fully saturated rings. The van der Waals surface area contributed by atoms with Gasteiger partial charge in [-0.15, -0.1) is 0 Å². The van der Waals surface area contributed by atoms with E-state index in [-0.39, 0.29) is 49.2 Å². The van der Waals surface area contributed by atoms with Crippen LogP contribution >= 0.6 is 0 Å². The third-order valence-electron chi connectivity index (χ3n) is 14.3. The smallest absolute Gasteiger partial charge is 0.423 e. The van der Waals surface area contributed by atoms with Crippen LogP contribution in [0.4, 0.5) is 60.5 Å². The van der Waals surface area contributed by atoms with Gasteiger partial charge < -0.3 is 4.42 Å². The molecule has 0 saturated heterocycles. The summed E-state index contributed by atoms with van der Waals surface area (Å²) in [4.78, 5) is 71.1.